The van der Waals surface area contributed by atoms with Gasteiger partial charge in [-0.3, -0.25) is 19.2 Å². The number of Topliss-reactive ketones (excluding diaryl/α,β-unsaturated/α-hetero) is 1. The van der Waals surface area contributed by atoms with Gasteiger partial charge in [0, 0.05) is 12.3 Å². The molecule has 53 heavy (non-hydrogen) atoms. The summed E-state index contributed by atoms with van der Waals surface area (Å²) in [4.78, 5) is 65.9. The van der Waals surface area contributed by atoms with Crippen LogP contribution in [0, 0.1) is 0 Å². The second-order valence-corrected chi connectivity index (χ2v) is 14.9. The van der Waals surface area contributed by atoms with Crippen molar-refractivity contribution in [2.45, 2.75) is 96.4 Å². The lowest BCUT2D eigenvalue weighted by Gasteiger charge is -2.25. The van der Waals surface area contributed by atoms with E-state index in [2.05, 4.69) is 17.2 Å². The van der Waals surface area contributed by atoms with Crippen LogP contribution in [0.1, 0.15) is 83.4 Å². The van der Waals surface area contributed by atoms with E-state index in [0.29, 0.717) is 11.3 Å². The molecular formula is C42H50N2O9. The Hall–Kier alpha value is -5.45. The SMILES string of the molecule is C=CCOC(=O)CCC(=O)C(Cc1ccc(OC(C)(C)C)cc1)NC(=O)[C@H](CC(=O)OC(C)(C)C)NC(=O)OCC1c2ccccc2-c2ccccc21. The Labute approximate surface area is 311 Å². The maximum Gasteiger partial charge on any atom is 0.407 e. The lowest BCUT2D eigenvalue weighted by Crippen LogP contribution is -2.53. The van der Waals surface area contributed by atoms with Crippen molar-refractivity contribution in [1.82, 2.24) is 10.6 Å². The molecule has 2 atom stereocenters. The van der Waals surface area contributed by atoms with Gasteiger partial charge in [0.2, 0.25) is 5.91 Å². The smallest absolute Gasteiger partial charge is 0.407 e. The molecule has 3 aromatic rings. The summed E-state index contributed by atoms with van der Waals surface area (Å²) in [5.41, 5.74) is 3.56. The van der Waals surface area contributed by atoms with E-state index in [1.165, 1.54) is 6.08 Å². The third kappa shape index (κ3) is 12.3. The first-order chi connectivity index (χ1) is 25.0. The van der Waals surface area contributed by atoms with Crippen molar-refractivity contribution < 1.29 is 42.9 Å². The van der Waals surface area contributed by atoms with Gasteiger partial charge in [0.1, 0.15) is 36.2 Å². The number of ketones is 1. The van der Waals surface area contributed by atoms with Gasteiger partial charge in [0.15, 0.2) is 5.78 Å². The second kappa shape index (κ2) is 17.9. The van der Waals surface area contributed by atoms with E-state index in [1.54, 1.807) is 45.0 Å². The summed E-state index contributed by atoms with van der Waals surface area (Å²) in [6, 6.07) is 20.3. The average Bonchev–Trinajstić information content (AvgIpc) is 3.41. The Morgan fingerprint density at radius 1 is 0.736 bits per heavy atom. The van der Waals surface area contributed by atoms with Crippen LogP contribution in [0.2, 0.25) is 0 Å². The number of alkyl carbamates (subject to hydrolysis) is 1. The Bertz CT molecular complexity index is 1740. The molecule has 0 heterocycles. The monoisotopic (exact) mass is 726 g/mol. The highest BCUT2D eigenvalue weighted by atomic mass is 16.6. The van der Waals surface area contributed by atoms with Crippen LogP contribution in [0.15, 0.2) is 85.5 Å². The molecule has 0 bridgehead atoms. The first-order valence-corrected chi connectivity index (χ1v) is 17.7. The van der Waals surface area contributed by atoms with Gasteiger partial charge < -0.3 is 29.6 Å². The largest absolute Gasteiger partial charge is 0.488 e. The number of rotatable bonds is 16. The molecule has 4 rings (SSSR count). The molecule has 0 spiro atoms. The first-order valence-electron chi connectivity index (χ1n) is 17.7. The number of nitrogens with one attached hydrogen (secondary N) is 2. The highest BCUT2D eigenvalue weighted by Crippen LogP contribution is 2.44. The van der Waals surface area contributed by atoms with E-state index in [4.69, 9.17) is 18.9 Å². The predicted octanol–water partition coefficient (Wildman–Crippen LogP) is 6.61. The van der Waals surface area contributed by atoms with Crippen LogP contribution in [0.25, 0.3) is 11.1 Å². The van der Waals surface area contributed by atoms with E-state index in [9.17, 15) is 24.0 Å². The van der Waals surface area contributed by atoms with Gasteiger partial charge in [-0.2, -0.15) is 0 Å². The van der Waals surface area contributed by atoms with E-state index < -0.39 is 59.4 Å². The minimum Gasteiger partial charge on any atom is -0.488 e. The number of amides is 2. The highest BCUT2D eigenvalue weighted by molar-refractivity contribution is 5.95. The molecule has 0 aliphatic heterocycles. The Morgan fingerprint density at radius 2 is 1.34 bits per heavy atom. The van der Waals surface area contributed by atoms with Crippen molar-refractivity contribution >= 4 is 29.7 Å². The normalized spacial score (nSPS) is 13.4. The number of carbonyl (C=O) groups is 5. The summed E-state index contributed by atoms with van der Waals surface area (Å²) in [5, 5.41) is 5.25. The van der Waals surface area contributed by atoms with Crippen molar-refractivity contribution in [1.29, 1.82) is 0 Å². The van der Waals surface area contributed by atoms with Crippen molar-refractivity contribution in [3.8, 4) is 16.9 Å². The van der Waals surface area contributed by atoms with Crippen molar-refractivity contribution in [3.63, 3.8) is 0 Å². The standard InChI is InChI=1S/C42H50N2O9/c1-8-23-50-37(46)22-21-36(45)34(24-27-17-19-28(20-18-27)52-41(2,3)4)43-39(48)35(25-38(47)53-42(5,6)7)44-40(49)51-26-33-31-15-11-9-13-29(31)30-14-10-12-16-32(30)33/h8-20,33-35H,1,21-26H2,2-7H3,(H,43,48)(H,44,49)/t34?,35-/m0/s1. The van der Waals surface area contributed by atoms with Gasteiger partial charge in [0.25, 0.3) is 0 Å². The van der Waals surface area contributed by atoms with Gasteiger partial charge in [-0.25, -0.2) is 4.79 Å². The van der Waals surface area contributed by atoms with Gasteiger partial charge in [-0.1, -0.05) is 73.3 Å². The molecular weight excluding hydrogens is 676 g/mol. The summed E-state index contributed by atoms with van der Waals surface area (Å²) in [7, 11) is 0. The summed E-state index contributed by atoms with van der Waals surface area (Å²) in [5.74, 6) is -2.18. The molecule has 2 amide bonds. The molecule has 11 nitrogen and oxygen atoms in total. The fourth-order valence-electron chi connectivity index (χ4n) is 5.97. The maximum atomic E-state index is 13.9. The van der Waals surface area contributed by atoms with Gasteiger partial charge >= 0.3 is 18.0 Å². The van der Waals surface area contributed by atoms with Crippen molar-refractivity contribution in [2.75, 3.05) is 13.2 Å². The van der Waals surface area contributed by atoms with E-state index in [1.807, 2.05) is 69.3 Å². The maximum absolute atomic E-state index is 13.9. The van der Waals surface area contributed by atoms with Crippen LogP contribution in [0.3, 0.4) is 0 Å². The zero-order valence-electron chi connectivity index (χ0n) is 31.4. The molecule has 11 heteroatoms. The summed E-state index contributed by atoms with van der Waals surface area (Å²) >= 11 is 0. The number of benzene rings is 3. The first kappa shape index (κ1) is 40.3. The summed E-state index contributed by atoms with van der Waals surface area (Å²) in [6.07, 6.45) is -0.394. The molecule has 0 saturated heterocycles. The number of esters is 2. The minimum atomic E-state index is -1.45. The Morgan fingerprint density at radius 3 is 1.91 bits per heavy atom. The number of carbonyl (C=O) groups excluding carboxylic acids is 5. The van der Waals surface area contributed by atoms with E-state index in [0.717, 1.165) is 22.3 Å². The number of hydrogen-bond acceptors (Lipinski definition) is 9. The summed E-state index contributed by atoms with van der Waals surface area (Å²) < 4.78 is 22.1. The minimum absolute atomic E-state index is 0.00403. The Kier molecular flexibility index (Phi) is 13.6. The second-order valence-electron chi connectivity index (χ2n) is 14.9. The van der Waals surface area contributed by atoms with Crippen molar-refractivity contribution in [2.24, 2.45) is 0 Å². The van der Waals surface area contributed by atoms with Gasteiger partial charge in [-0.05, 0) is 87.9 Å². The zero-order valence-corrected chi connectivity index (χ0v) is 31.4. The molecule has 282 valence electrons. The average molecular weight is 727 g/mol. The zero-order chi connectivity index (χ0) is 38.8. The molecule has 2 N–H and O–H groups in total. The predicted molar refractivity (Wildman–Crippen MR) is 200 cm³/mol. The highest BCUT2D eigenvalue weighted by Gasteiger charge is 2.33. The topological polar surface area (TPSA) is 146 Å². The number of hydrogen-bond donors (Lipinski definition) is 2. The number of fused-ring (bicyclic) bond motifs is 3. The quantitative estimate of drug-likeness (QED) is 0.0946. The third-order valence-electron chi connectivity index (χ3n) is 8.17. The fourth-order valence-corrected chi connectivity index (χ4v) is 5.97. The molecule has 0 saturated carbocycles. The Balaban J connectivity index is 1.52. The molecule has 1 aliphatic carbocycles. The fraction of sp³-hybridized carbons (Fsp3) is 0.405. The third-order valence-corrected chi connectivity index (χ3v) is 8.17. The van der Waals surface area contributed by atoms with Crippen LogP contribution in [-0.4, -0.2) is 66.2 Å². The van der Waals surface area contributed by atoms with Crippen LogP contribution >= 0.6 is 0 Å². The van der Waals surface area contributed by atoms with E-state index >= 15 is 0 Å². The molecule has 1 aliphatic rings. The van der Waals surface area contributed by atoms with Crippen LogP contribution in [0.5, 0.6) is 5.75 Å². The summed E-state index contributed by atoms with van der Waals surface area (Å²) in [6.45, 7) is 14.3. The molecule has 0 radical (unpaired) electrons. The number of ether oxygens (including phenoxy) is 4. The van der Waals surface area contributed by atoms with Crippen LogP contribution in [-0.2, 0) is 39.8 Å². The van der Waals surface area contributed by atoms with Gasteiger partial charge in [-0.15, -0.1) is 0 Å². The van der Waals surface area contributed by atoms with Gasteiger partial charge in [0.05, 0.1) is 18.9 Å². The van der Waals surface area contributed by atoms with Crippen LogP contribution < -0.4 is 15.4 Å². The molecule has 0 fully saturated rings. The van der Waals surface area contributed by atoms with Crippen molar-refractivity contribution in [3.05, 3.63) is 102 Å². The van der Waals surface area contributed by atoms with E-state index in [-0.39, 0.29) is 38.4 Å². The molecule has 3 aromatic carbocycles. The van der Waals surface area contributed by atoms with Crippen LogP contribution in [0.4, 0.5) is 4.79 Å². The lowest BCUT2D eigenvalue weighted by atomic mass is 9.98. The lowest BCUT2D eigenvalue weighted by molar-refractivity contribution is -0.156. The molecule has 1 unspecified atom stereocenters. The molecule has 0 aromatic heterocycles.